The maximum atomic E-state index is 12.1. The molecule has 106 heavy (non-hydrogen) atoms. The highest BCUT2D eigenvalue weighted by Gasteiger charge is 2.64. The molecule has 0 spiro atoms. The fourth-order valence-electron chi connectivity index (χ4n) is 15.2. The lowest BCUT2D eigenvalue weighted by molar-refractivity contribution is 0.00578. The number of pyridine rings is 4. The quantitative estimate of drug-likeness (QED) is 0.155. The van der Waals surface area contributed by atoms with Gasteiger partial charge in [0, 0.05) is 101 Å². The number of hydrogen-bond acceptors (Lipinski definition) is 13. The summed E-state index contributed by atoms with van der Waals surface area (Å²) in [7, 11) is -1.87. The van der Waals surface area contributed by atoms with Gasteiger partial charge in [0.2, 0.25) is 0 Å². The summed E-state index contributed by atoms with van der Waals surface area (Å²) in [6.45, 7) is 32.9. The molecule has 0 unspecified atom stereocenters. The lowest BCUT2D eigenvalue weighted by atomic mass is 9.49. The van der Waals surface area contributed by atoms with Crippen molar-refractivity contribution in [1.82, 2.24) is 19.9 Å². The maximum absolute atomic E-state index is 12.1. The van der Waals surface area contributed by atoms with Gasteiger partial charge >= 0.3 is 28.3 Å². The van der Waals surface area contributed by atoms with E-state index in [4.69, 9.17) is 37.2 Å². The number of carbonyl (C=O) groups excluding carboxylic acids is 1. The molecule has 4 aliphatic heterocycles. The molecule has 0 N–H and O–H groups in total. The predicted octanol–water partition coefficient (Wildman–Crippen LogP) is 19.7. The summed E-state index contributed by atoms with van der Waals surface area (Å²) in [4.78, 5) is 29.7. The average molecular weight is 1660 g/mol. The van der Waals surface area contributed by atoms with Crippen molar-refractivity contribution in [3.63, 3.8) is 0 Å². The Balaban J connectivity index is 0.000000118. The lowest BCUT2D eigenvalue weighted by Gasteiger charge is -2.32. The van der Waals surface area contributed by atoms with Gasteiger partial charge in [0.05, 0.1) is 44.8 Å². The number of benzene rings is 6. The standard InChI is InChI=1S/C36H36B2N2O4.C24H12Br2N2.C13H6Br2O.C12H24B2O4/c1-33(2)34(3,4)42-37(41-33)21-9-11-23-27(17-21)28-18-22(38-43-35(5,6)36(7,8)44-38)10-12-24(28)31(23)32-25-13-15-39-19-29(25)30-20-40-16-14-26(30)32;25-13-1-3-15-19(9-13)20-10-14(26)2-4-16(20)23(15)24-17-5-7-27-11-21(17)22-12-28-8-6-18(22)24;14-7-1-3-9-11(5-7)12-6-8(15)2-4-10(12)13(9)16;1-9(2)10(3,4)16-13(15-9)14-17-11(5,6)12(7,8)18-14/h9-20H,1-8H3;1-12H;1-6H;1-8H3. The smallest absolute Gasteiger partial charge is 0.405 e. The van der Waals surface area contributed by atoms with E-state index in [9.17, 15) is 4.79 Å². The largest absolute Gasteiger partial charge is 0.494 e. The van der Waals surface area contributed by atoms with Crippen LogP contribution in [0.2, 0.25) is 0 Å². The first-order chi connectivity index (χ1) is 50.0. The van der Waals surface area contributed by atoms with Crippen molar-refractivity contribution in [3.8, 4) is 55.6 Å². The molecular formula is C85H78B4Br4N4O9. The fraction of sp³-hybridized carbons (Fsp3) is 0.282. The molecule has 0 atom stereocenters. The normalized spacial score (nSPS) is 19.7. The molecule has 0 amide bonds. The summed E-state index contributed by atoms with van der Waals surface area (Å²) in [5, 5.41) is 0. The number of ketones is 1. The van der Waals surface area contributed by atoms with Gasteiger partial charge < -0.3 is 37.2 Å². The SMILES string of the molecule is Brc1ccc2c(c1)-c1cc(Br)ccc1C2=C1c2ccncc2-c2cnccc21.CC1(C)OB(B2OC(C)(C)C(C)(C)O2)OC1(C)C.CC1(C)OB(c2ccc3c(c2)-c2cc(B4OC(C)(C)C(C)(C)O4)ccc2C3=C2c3ccncc3-c3cnccc32)OC1(C)C.O=C1c2ccc(Br)cc2-c2cc(Br)ccc21. The van der Waals surface area contributed by atoms with E-state index in [1.165, 1.54) is 77.9 Å². The van der Waals surface area contributed by atoms with Crippen LogP contribution in [-0.2, 0) is 37.2 Å². The van der Waals surface area contributed by atoms with E-state index < -0.39 is 50.7 Å². The van der Waals surface area contributed by atoms with Crippen LogP contribution in [0.25, 0.3) is 77.9 Å². The number of halogens is 4. The Labute approximate surface area is 655 Å². The van der Waals surface area contributed by atoms with Crippen molar-refractivity contribution in [2.45, 2.75) is 156 Å². The second kappa shape index (κ2) is 26.1. The summed E-state index contributed by atoms with van der Waals surface area (Å²) < 4.78 is 53.9. The second-order valence-electron chi connectivity index (χ2n) is 32.3. The van der Waals surface area contributed by atoms with Crippen molar-refractivity contribution in [1.29, 1.82) is 0 Å². The van der Waals surface area contributed by atoms with Crippen LogP contribution in [-0.4, -0.2) is 98.8 Å². The van der Waals surface area contributed by atoms with Gasteiger partial charge in [-0.05, 0) is 307 Å². The fourth-order valence-corrected chi connectivity index (χ4v) is 16.6. The van der Waals surface area contributed by atoms with Crippen LogP contribution in [0.15, 0.2) is 201 Å². The topological polar surface area (TPSA) is 142 Å². The molecule has 6 aromatic carbocycles. The molecule has 4 aromatic heterocycles. The summed E-state index contributed by atoms with van der Waals surface area (Å²) >= 11 is 14.2. The minimum Gasteiger partial charge on any atom is -0.405 e. The van der Waals surface area contributed by atoms with Crippen molar-refractivity contribution in [2.24, 2.45) is 0 Å². The van der Waals surface area contributed by atoms with Gasteiger partial charge in [-0.1, -0.05) is 112 Å². The number of carbonyl (C=O) groups is 1. The zero-order chi connectivity index (χ0) is 74.9. The van der Waals surface area contributed by atoms with E-state index in [-0.39, 0.29) is 28.2 Å². The maximum Gasteiger partial charge on any atom is 0.494 e. The summed E-state index contributed by atoms with van der Waals surface area (Å²) in [6.07, 6.45) is 15.3. The Kier molecular flexibility index (Phi) is 18.0. The van der Waals surface area contributed by atoms with E-state index in [0.717, 1.165) is 84.5 Å². The Hall–Kier alpha value is -7.07. The van der Waals surface area contributed by atoms with Crippen molar-refractivity contribution in [2.75, 3.05) is 0 Å². The molecule has 0 bridgehead atoms. The van der Waals surface area contributed by atoms with Crippen LogP contribution in [0.3, 0.4) is 0 Å². The molecule has 21 heteroatoms. The molecule has 4 fully saturated rings. The molecule has 4 saturated heterocycles. The van der Waals surface area contributed by atoms with Gasteiger partial charge in [0.15, 0.2) is 5.78 Å². The highest BCUT2D eigenvalue weighted by molar-refractivity contribution is 9.11. The van der Waals surface area contributed by atoms with Gasteiger partial charge in [0.1, 0.15) is 0 Å². The molecule has 5 aliphatic carbocycles. The summed E-state index contributed by atoms with van der Waals surface area (Å²) in [6, 6.07) is 46.3. The monoisotopic (exact) mass is 1660 g/mol. The Morgan fingerprint density at radius 3 is 0.717 bits per heavy atom. The Bertz CT molecular complexity index is 5060. The predicted molar refractivity (Wildman–Crippen MR) is 438 cm³/mol. The van der Waals surface area contributed by atoms with E-state index >= 15 is 0 Å². The number of rotatable bonds is 3. The third-order valence-electron chi connectivity index (χ3n) is 23.7. The highest BCUT2D eigenvalue weighted by Crippen LogP contribution is 2.57. The Morgan fingerprint density at radius 2 is 0.453 bits per heavy atom. The number of hydrogen-bond donors (Lipinski definition) is 0. The van der Waals surface area contributed by atoms with E-state index in [2.05, 4.69) is 236 Å². The van der Waals surface area contributed by atoms with E-state index in [1.807, 2.05) is 141 Å². The first-order valence-corrected chi connectivity index (χ1v) is 38.9. The van der Waals surface area contributed by atoms with Crippen LogP contribution in [0.1, 0.15) is 171 Å². The van der Waals surface area contributed by atoms with Crippen molar-refractivity contribution < 1.29 is 42.0 Å². The van der Waals surface area contributed by atoms with Gasteiger partial charge in [-0.2, -0.15) is 0 Å². The summed E-state index contributed by atoms with van der Waals surface area (Å²) in [5.74, 6) is 0.116. The number of nitrogens with zero attached hydrogens (tertiary/aromatic N) is 4. The molecule has 8 heterocycles. The minimum absolute atomic E-state index is 0.116. The van der Waals surface area contributed by atoms with E-state index in [0.29, 0.717) is 0 Å². The molecule has 19 rings (SSSR count). The highest BCUT2D eigenvalue weighted by atomic mass is 79.9. The van der Waals surface area contributed by atoms with Gasteiger partial charge in [-0.25, -0.2) is 0 Å². The van der Waals surface area contributed by atoms with Crippen molar-refractivity contribution >= 4 is 131 Å². The van der Waals surface area contributed by atoms with Crippen molar-refractivity contribution in [3.05, 3.63) is 257 Å². The average Bonchev–Trinajstić information content (AvgIpc) is 1.59. The van der Waals surface area contributed by atoms with E-state index in [1.54, 1.807) is 0 Å². The van der Waals surface area contributed by atoms with Crippen LogP contribution < -0.4 is 10.9 Å². The van der Waals surface area contributed by atoms with Gasteiger partial charge in [0.25, 0.3) is 0 Å². The van der Waals surface area contributed by atoms with Gasteiger partial charge in [-0.3, -0.25) is 24.7 Å². The van der Waals surface area contributed by atoms with Crippen LogP contribution >= 0.6 is 63.7 Å². The molecule has 0 saturated carbocycles. The minimum atomic E-state index is -0.476. The third kappa shape index (κ3) is 12.2. The summed E-state index contributed by atoms with van der Waals surface area (Å²) in [5.41, 5.74) is 26.4. The van der Waals surface area contributed by atoms with Gasteiger partial charge in [-0.15, -0.1) is 0 Å². The number of aromatic nitrogens is 4. The first-order valence-electron chi connectivity index (χ1n) is 35.8. The number of fused-ring (bicyclic) bond motifs is 15. The molecular weight excluding hydrogens is 1580 g/mol. The lowest BCUT2D eigenvalue weighted by Crippen LogP contribution is -2.41. The zero-order valence-electron chi connectivity index (χ0n) is 62.1. The molecule has 532 valence electrons. The molecule has 9 aliphatic rings. The van der Waals surface area contributed by atoms with Crippen LogP contribution in [0.5, 0.6) is 0 Å². The first kappa shape index (κ1) is 73.1. The Morgan fingerprint density at radius 1 is 0.245 bits per heavy atom. The van der Waals surface area contributed by atoms with Crippen LogP contribution in [0.4, 0.5) is 0 Å². The molecule has 13 nitrogen and oxygen atoms in total. The second-order valence-corrected chi connectivity index (χ2v) is 36.0. The zero-order valence-corrected chi connectivity index (χ0v) is 68.4. The molecule has 0 radical (unpaired) electrons. The molecule has 10 aromatic rings. The van der Waals surface area contributed by atoms with Crippen LogP contribution in [0, 0.1) is 0 Å². The third-order valence-corrected chi connectivity index (χ3v) is 25.7.